The Morgan fingerprint density at radius 3 is 2.28 bits per heavy atom. The fraction of sp³-hybridized carbons (Fsp3) is 0.316. The van der Waals surface area contributed by atoms with E-state index in [-0.39, 0.29) is 21.8 Å². The number of hydrogen-bond donors (Lipinski definition) is 1. The van der Waals surface area contributed by atoms with E-state index in [1.807, 2.05) is 18.7 Å². The number of azo groups is 1. The molecule has 0 aliphatic heterocycles. The van der Waals surface area contributed by atoms with Gasteiger partial charge in [0.25, 0.3) is 5.69 Å². The minimum Gasteiger partial charge on any atom is -0.494 e. The van der Waals surface area contributed by atoms with Gasteiger partial charge in [0.2, 0.25) is 5.91 Å². The number of methoxy groups -OCH3 is 1. The van der Waals surface area contributed by atoms with Crippen molar-refractivity contribution in [2.75, 3.05) is 30.4 Å². The third kappa shape index (κ3) is 5.55. The van der Waals surface area contributed by atoms with Gasteiger partial charge in [-0.2, -0.15) is 0 Å². The number of amides is 1. The number of rotatable bonds is 9. The predicted octanol–water partition coefficient (Wildman–Crippen LogP) is 5.49. The number of halogens is 1. The number of carbonyl (C=O) groups is 1. The van der Waals surface area contributed by atoms with Gasteiger partial charge in [-0.3, -0.25) is 25.0 Å². The molecule has 0 atom stereocenters. The van der Waals surface area contributed by atoms with Crippen LogP contribution in [0.2, 0.25) is 0 Å². The van der Waals surface area contributed by atoms with Crippen LogP contribution in [-0.2, 0) is 4.79 Å². The maximum atomic E-state index is 11.7. The van der Waals surface area contributed by atoms with Crippen LogP contribution in [0.5, 0.6) is 5.75 Å². The number of nitro benzene ring substituents is 2. The first-order valence-corrected chi connectivity index (χ1v) is 10.2. The van der Waals surface area contributed by atoms with Gasteiger partial charge in [-0.15, -0.1) is 10.2 Å². The summed E-state index contributed by atoms with van der Waals surface area (Å²) in [5.41, 5.74) is -0.0321. The number of ether oxygens (including phenoxy) is 1. The summed E-state index contributed by atoms with van der Waals surface area (Å²) in [6.07, 6.45) is 0. The first kappa shape index (κ1) is 24.7. The van der Waals surface area contributed by atoms with Gasteiger partial charge in [-0.05, 0) is 35.8 Å². The molecule has 0 aliphatic rings. The second-order valence-corrected chi connectivity index (χ2v) is 7.26. The van der Waals surface area contributed by atoms with Crippen molar-refractivity contribution in [1.29, 1.82) is 0 Å². The minimum atomic E-state index is -0.787. The second-order valence-electron chi connectivity index (χ2n) is 6.40. The van der Waals surface area contributed by atoms with Crippen molar-refractivity contribution in [2.24, 2.45) is 10.2 Å². The highest BCUT2D eigenvalue weighted by Crippen LogP contribution is 2.42. The Labute approximate surface area is 191 Å². The number of nitro groups is 2. The standard InChI is InChI=1S/C19H21BrN6O6/c1-5-24(6-2)16-9-14(21-11(3)27)15(10-18(16)32-4)22-23-19-13(20)7-12(25(28)29)8-17(19)26(30)31/h7-10H,5-6H2,1-4H3,(H,21,27). The van der Waals surface area contributed by atoms with Gasteiger partial charge < -0.3 is 15.0 Å². The molecular formula is C19H21BrN6O6. The number of non-ortho nitro benzene ring substituents is 1. The van der Waals surface area contributed by atoms with Crippen molar-refractivity contribution >= 4 is 56.0 Å². The van der Waals surface area contributed by atoms with E-state index in [0.29, 0.717) is 24.5 Å². The minimum absolute atomic E-state index is 0.0231. The molecule has 0 radical (unpaired) electrons. The van der Waals surface area contributed by atoms with Gasteiger partial charge in [0, 0.05) is 32.1 Å². The van der Waals surface area contributed by atoms with Crippen molar-refractivity contribution < 1.29 is 19.4 Å². The zero-order chi connectivity index (χ0) is 24.0. The lowest BCUT2D eigenvalue weighted by Crippen LogP contribution is -2.22. The number of nitrogens with one attached hydrogen (secondary N) is 1. The van der Waals surface area contributed by atoms with Crippen molar-refractivity contribution in [3.05, 3.63) is 49.0 Å². The van der Waals surface area contributed by atoms with E-state index in [2.05, 4.69) is 31.5 Å². The fourth-order valence-corrected chi connectivity index (χ4v) is 3.44. The van der Waals surface area contributed by atoms with Crippen molar-refractivity contribution in [3.63, 3.8) is 0 Å². The molecule has 2 aromatic rings. The lowest BCUT2D eigenvalue weighted by atomic mass is 10.2. The number of anilines is 2. The van der Waals surface area contributed by atoms with Crippen molar-refractivity contribution in [1.82, 2.24) is 0 Å². The summed E-state index contributed by atoms with van der Waals surface area (Å²) in [6.45, 7) is 6.66. The average Bonchev–Trinajstić information content (AvgIpc) is 2.73. The van der Waals surface area contributed by atoms with E-state index in [9.17, 15) is 25.0 Å². The summed E-state index contributed by atoms with van der Waals surface area (Å²) in [4.78, 5) is 34.7. The molecule has 0 fully saturated rings. The normalized spacial score (nSPS) is 10.8. The SMILES string of the molecule is CCN(CC)c1cc(NC(C)=O)c(N=Nc2c(Br)cc([N+](=O)[O-])cc2[N+](=O)[O-])cc1OC. The first-order chi connectivity index (χ1) is 15.1. The third-order valence-electron chi connectivity index (χ3n) is 4.41. The summed E-state index contributed by atoms with van der Waals surface area (Å²) in [7, 11) is 1.49. The molecule has 12 nitrogen and oxygen atoms in total. The molecule has 2 rings (SSSR count). The largest absolute Gasteiger partial charge is 0.494 e. The highest BCUT2D eigenvalue weighted by atomic mass is 79.9. The van der Waals surface area contributed by atoms with Crippen LogP contribution in [0.3, 0.4) is 0 Å². The van der Waals surface area contributed by atoms with E-state index in [0.717, 1.165) is 17.8 Å². The molecule has 170 valence electrons. The van der Waals surface area contributed by atoms with Crippen LogP contribution < -0.4 is 15.0 Å². The Balaban J connectivity index is 2.66. The van der Waals surface area contributed by atoms with Crippen LogP contribution in [0.4, 0.5) is 34.1 Å². The molecule has 0 saturated carbocycles. The van der Waals surface area contributed by atoms with Gasteiger partial charge in [-0.1, -0.05) is 0 Å². The molecule has 1 N–H and O–H groups in total. The van der Waals surface area contributed by atoms with E-state index >= 15 is 0 Å². The van der Waals surface area contributed by atoms with Gasteiger partial charge >= 0.3 is 5.69 Å². The van der Waals surface area contributed by atoms with Crippen LogP contribution in [0.1, 0.15) is 20.8 Å². The third-order valence-corrected chi connectivity index (χ3v) is 5.01. The van der Waals surface area contributed by atoms with E-state index in [1.165, 1.54) is 14.0 Å². The molecule has 0 saturated heterocycles. The smallest absolute Gasteiger partial charge is 0.304 e. The van der Waals surface area contributed by atoms with Crippen molar-refractivity contribution in [3.8, 4) is 5.75 Å². The molecule has 32 heavy (non-hydrogen) atoms. The molecule has 0 unspecified atom stereocenters. The number of hydrogen-bond acceptors (Lipinski definition) is 9. The van der Waals surface area contributed by atoms with E-state index < -0.39 is 21.2 Å². The van der Waals surface area contributed by atoms with Crippen LogP contribution in [0.25, 0.3) is 0 Å². The number of benzene rings is 2. The van der Waals surface area contributed by atoms with Crippen LogP contribution >= 0.6 is 15.9 Å². The van der Waals surface area contributed by atoms with Gasteiger partial charge in [-0.25, -0.2) is 0 Å². The molecule has 0 spiro atoms. The van der Waals surface area contributed by atoms with Gasteiger partial charge in [0.05, 0.1) is 38.9 Å². The summed E-state index contributed by atoms with van der Waals surface area (Å²) in [6, 6.07) is 5.13. The average molecular weight is 509 g/mol. The molecule has 0 bridgehead atoms. The summed E-state index contributed by atoms with van der Waals surface area (Å²) in [5, 5.41) is 33.2. The Hall–Kier alpha value is -3.61. The lowest BCUT2D eigenvalue weighted by Gasteiger charge is -2.24. The molecule has 13 heteroatoms. The molecule has 0 aliphatic carbocycles. The van der Waals surface area contributed by atoms with Crippen LogP contribution in [-0.4, -0.2) is 36.0 Å². The molecule has 2 aromatic carbocycles. The Bertz CT molecular complexity index is 1090. The van der Waals surface area contributed by atoms with Gasteiger partial charge in [0.1, 0.15) is 11.4 Å². The first-order valence-electron chi connectivity index (χ1n) is 9.41. The van der Waals surface area contributed by atoms with Crippen LogP contribution in [0, 0.1) is 20.2 Å². The summed E-state index contributed by atoms with van der Waals surface area (Å²) >= 11 is 3.08. The number of carbonyl (C=O) groups excluding carboxylic acids is 1. The molecule has 0 aromatic heterocycles. The summed E-state index contributed by atoms with van der Waals surface area (Å²) in [5.74, 6) is 0.119. The lowest BCUT2D eigenvalue weighted by molar-refractivity contribution is -0.393. The van der Waals surface area contributed by atoms with Crippen molar-refractivity contribution in [2.45, 2.75) is 20.8 Å². The zero-order valence-corrected chi connectivity index (χ0v) is 19.4. The highest BCUT2D eigenvalue weighted by molar-refractivity contribution is 9.10. The van der Waals surface area contributed by atoms with Crippen LogP contribution in [0.15, 0.2) is 39.0 Å². The second kappa shape index (κ2) is 10.6. The monoisotopic (exact) mass is 508 g/mol. The quantitative estimate of drug-likeness (QED) is 0.266. The summed E-state index contributed by atoms with van der Waals surface area (Å²) < 4.78 is 5.49. The van der Waals surface area contributed by atoms with E-state index in [1.54, 1.807) is 12.1 Å². The fourth-order valence-electron chi connectivity index (χ4n) is 2.92. The van der Waals surface area contributed by atoms with E-state index in [4.69, 9.17) is 4.74 Å². The molecular weight excluding hydrogens is 488 g/mol. The number of nitrogens with zero attached hydrogens (tertiary/aromatic N) is 5. The molecule has 0 heterocycles. The van der Waals surface area contributed by atoms with Gasteiger partial charge in [0.15, 0.2) is 5.69 Å². The maximum absolute atomic E-state index is 11.7. The Morgan fingerprint density at radius 2 is 1.78 bits per heavy atom. The predicted molar refractivity (Wildman–Crippen MR) is 122 cm³/mol. The Morgan fingerprint density at radius 1 is 1.12 bits per heavy atom. The highest BCUT2D eigenvalue weighted by Gasteiger charge is 2.24. The maximum Gasteiger partial charge on any atom is 0.304 e. The topological polar surface area (TPSA) is 153 Å². The zero-order valence-electron chi connectivity index (χ0n) is 17.8. The Kier molecular flexibility index (Phi) is 8.18. The molecule has 1 amide bonds.